The molecule has 1 aromatic heterocycles. The fourth-order valence-corrected chi connectivity index (χ4v) is 2.72. The molecule has 24 heavy (non-hydrogen) atoms. The van der Waals surface area contributed by atoms with E-state index in [0.717, 1.165) is 0 Å². The number of nitro benzene ring substituents is 1. The van der Waals surface area contributed by atoms with Crippen LogP contribution in [0.15, 0.2) is 12.1 Å². The second-order valence-corrected chi connectivity index (χ2v) is 5.73. The van der Waals surface area contributed by atoms with Gasteiger partial charge in [-0.05, 0) is 33.3 Å². The van der Waals surface area contributed by atoms with Crippen LogP contribution >= 0.6 is 0 Å². The molecule has 0 atom stereocenters. The molecule has 7 heteroatoms. The molecule has 2 aromatic rings. The average molecular weight is 334 g/mol. The Bertz CT molecular complexity index is 792. The molecule has 0 fully saturated rings. The summed E-state index contributed by atoms with van der Waals surface area (Å²) in [6.07, 6.45) is 0.334. The number of hydrogen-bond donors (Lipinski definition) is 0. The molecule has 1 aromatic carbocycles. The maximum absolute atomic E-state index is 12.4. The summed E-state index contributed by atoms with van der Waals surface area (Å²) < 4.78 is 12.6. The summed E-state index contributed by atoms with van der Waals surface area (Å²) in [5.41, 5.74) is 1.61. The first kappa shape index (κ1) is 17.8. The lowest BCUT2D eigenvalue weighted by Gasteiger charge is -2.11. The monoisotopic (exact) mass is 334 g/mol. The minimum Gasteiger partial charge on any atom is -0.488 e. The van der Waals surface area contributed by atoms with E-state index in [1.54, 1.807) is 24.6 Å². The summed E-state index contributed by atoms with van der Waals surface area (Å²) in [6, 6.07) is 3.22. The zero-order valence-corrected chi connectivity index (χ0v) is 14.6. The average Bonchev–Trinajstić information content (AvgIpc) is 2.77. The zero-order chi connectivity index (χ0) is 18.0. The number of aromatic nitrogens is 1. The normalized spacial score (nSPS) is 11.1. The highest BCUT2D eigenvalue weighted by atomic mass is 16.6. The molecule has 7 nitrogen and oxygen atoms in total. The summed E-state index contributed by atoms with van der Waals surface area (Å²) in [5, 5.41) is 11.9. The highest BCUT2D eigenvalue weighted by molar-refractivity contribution is 6.02. The Hall–Kier alpha value is -2.57. The predicted octanol–water partition coefficient (Wildman–Crippen LogP) is 3.61. The summed E-state index contributed by atoms with van der Waals surface area (Å²) >= 11 is 0. The van der Waals surface area contributed by atoms with Gasteiger partial charge in [-0.3, -0.25) is 10.1 Å². The van der Waals surface area contributed by atoms with Crippen molar-refractivity contribution < 1.29 is 19.2 Å². The quantitative estimate of drug-likeness (QED) is 0.458. The SMILES string of the molecule is CCOC(=O)c1c(OC(C)C)c2cc([N+](=O)[O-])c(CC)cc2n1C. The minimum absolute atomic E-state index is 0.0274. The minimum atomic E-state index is -0.507. The van der Waals surface area contributed by atoms with E-state index in [0.29, 0.717) is 28.6 Å². The van der Waals surface area contributed by atoms with Crippen LogP contribution in [-0.2, 0) is 18.2 Å². The number of rotatable bonds is 6. The third kappa shape index (κ3) is 3.06. The Labute approximate surface area is 140 Å². The standard InChI is InChI=1S/C17H22N2O5/c1-6-11-8-14-12(9-13(11)19(21)22)16(24-10(3)4)15(18(14)5)17(20)23-7-2/h8-10H,6-7H2,1-5H3. The molecule has 1 heterocycles. The fourth-order valence-electron chi connectivity index (χ4n) is 2.72. The predicted molar refractivity (Wildman–Crippen MR) is 90.7 cm³/mol. The van der Waals surface area contributed by atoms with Gasteiger partial charge in [-0.2, -0.15) is 0 Å². The van der Waals surface area contributed by atoms with Gasteiger partial charge in [0, 0.05) is 24.1 Å². The van der Waals surface area contributed by atoms with Crippen molar-refractivity contribution in [2.45, 2.75) is 40.2 Å². The van der Waals surface area contributed by atoms with Crippen LogP contribution in [0.4, 0.5) is 5.69 Å². The maximum Gasteiger partial charge on any atom is 0.358 e. The number of nitro groups is 1. The molecule has 0 aliphatic rings. The highest BCUT2D eigenvalue weighted by Gasteiger charge is 2.27. The van der Waals surface area contributed by atoms with Crippen molar-refractivity contribution in [3.05, 3.63) is 33.5 Å². The zero-order valence-electron chi connectivity index (χ0n) is 14.6. The summed E-state index contributed by atoms with van der Waals surface area (Å²) in [4.78, 5) is 23.3. The number of carbonyl (C=O) groups excluding carboxylic acids is 1. The molecule has 0 unspecified atom stereocenters. The molecule has 0 N–H and O–H groups in total. The molecular formula is C17H22N2O5. The van der Waals surface area contributed by atoms with E-state index in [-0.39, 0.29) is 24.1 Å². The number of esters is 1. The van der Waals surface area contributed by atoms with Gasteiger partial charge in [0.1, 0.15) is 0 Å². The van der Waals surface area contributed by atoms with Gasteiger partial charge in [0.2, 0.25) is 0 Å². The molecule has 0 radical (unpaired) electrons. The third-order valence-corrected chi connectivity index (χ3v) is 3.75. The second-order valence-electron chi connectivity index (χ2n) is 5.73. The number of aryl methyl sites for hydroxylation is 2. The molecule has 0 aliphatic carbocycles. The van der Waals surface area contributed by atoms with Crippen molar-refractivity contribution in [3.63, 3.8) is 0 Å². The number of carbonyl (C=O) groups is 1. The number of fused-ring (bicyclic) bond motifs is 1. The molecule has 130 valence electrons. The highest BCUT2D eigenvalue weighted by Crippen LogP contribution is 2.38. The largest absolute Gasteiger partial charge is 0.488 e. The molecule has 0 bridgehead atoms. The van der Waals surface area contributed by atoms with Crippen LogP contribution in [0.1, 0.15) is 43.7 Å². The van der Waals surface area contributed by atoms with E-state index in [1.807, 2.05) is 20.8 Å². The van der Waals surface area contributed by atoms with Gasteiger partial charge in [-0.25, -0.2) is 4.79 Å². The van der Waals surface area contributed by atoms with E-state index < -0.39 is 10.9 Å². The first-order valence-electron chi connectivity index (χ1n) is 7.95. The van der Waals surface area contributed by atoms with E-state index in [4.69, 9.17) is 9.47 Å². The number of hydrogen-bond acceptors (Lipinski definition) is 5. The van der Waals surface area contributed by atoms with Crippen LogP contribution in [0.3, 0.4) is 0 Å². The Morgan fingerprint density at radius 1 is 1.33 bits per heavy atom. The molecule has 0 spiro atoms. The Kier molecular flexibility index (Phi) is 5.11. The molecule has 0 saturated heterocycles. The summed E-state index contributed by atoms with van der Waals surface area (Å²) in [6.45, 7) is 7.49. The summed E-state index contributed by atoms with van der Waals surface area (Å²) in [7, 11) is 1.73. The Morgan fingerprint density at radius 2 is 2.00 bits per heavy atom. The van der Waals surface area contributed by atoms with Crippen LogP contribution in [0.25, 0.3) is 10.9 Å². The van der Waals surface area contributed by atoms with Gasteiger partial charge in [-0.15, -0.1) is 0 Å². The van der Waals surface area contributed by atoms with Crippen LogP contribution in [0, 0.1) is 10.1 Å². The molecule has 0 saturated carbocycles. The van der Waals surface area contributed by atoms with E-state index in [9.17, 15) is 14.9 Å². The van der Waals surface area contributed by atoms with Gasteiger partial charge in [-0.1, -0.05) is 6.92 Å². The second kappa shape index (κ2) is 6.90. The van der Waals surface area contributed by atoms with Crippen LogP contribution < -0.4 is 4.74 Å². The van der Waals surface area contributed by atoms with Gasteiger partial charge in [0.25, 0.3) is 5.69 Å². The Morgan fingerprint density at radius 3 is 2.50 bits per heavy atom. The van der Waals surface area contributed by atoms with Crippen molar-refractivity contribution in [1.29, 1.82) is 0 Å². The topological polar surface area (TPSA) is 83.6 Å². The lowest BCUT2D eigenvalue weighted by Crippen LogP contribution is -2.14. The number of ether oxygens (including phenoxy) is 2. The van der Waals surface area contributed by atoms with Crippen molar-refractivity contribution in [1.82, 2.24) is 4.57 Å². The van der Waals surface area contributed by atoms with Gasteiger partial charge in [0.05, 0.1) is 23.2 Å². The molecule has 0 aliphatic heterocycles. The first-order valence-corrected chi connectivity index (χ1v) is 7.95. The lowest BCUT2D eigenvalue weighted by molar-refractivity contribution is -0.385. The lowest BCUT2D eigenvalue weighted by atomic mass is 10.1. The smallest absolute Gasteiger partial charge is 0.358 e. The van der Waals surface area contributed by atoms with Crippen LogP contribution in [0.2, 0.25) is 0 Å². The van der Waals surface area contributed by atoms with Crippen molar-refractivity contribution in [3.8, 4) is 5.75 Å². The third-order valence-electron chi connectivity index (χ3n) is 3.75. The van der Waals surface area contributed by atoms with Gasteiger partial charge in [0.15, 0.2) is 11.4 Å². The van der Waals surface area contributed by atoms with Crippen molar-refractivity contribution >= 4 is 22.6 Å². The molecular weight excluding hydrogens is 312 g/mol. The fraction of sp³-hybridized carbons (Fsp3) is 0.471. The van der Waals surface area contributed by atoms with Crippen molar-refractivity contribution in [2.24, 2.45) is 7.05 Å². The van der Waals surface area contributed by atoms with Crippen molar-refractivity contribution in [2.75, 3.05) is 6.61 Å². The number of benzene rings is 1. The van der Waals surface area contributed by atoms with E-state index in [1.165, 1.54) is 6.07 Å². The first-order chi connectivity index (χ1) is 11.3. The van der Waals surface area contributed by atoms with Gasteiger partial charge < -0.3 is 14.0 Å². The Balaban J connectivity index is 2.83. The molecule has 2 rings (SSSR count). The van der Waals surface area contributed by atoms with Crippen LogP contribution in [-0.4, -0.2) is 28.2 Å². The van der Waals surface area contributed by atoms with Gasteiger partial charge >= 0.3 is 5.97 Å². The summed E-state index contributed by atoms with van der Waals surface area (Å²) in [5.74, 6) is -0.181. The van der Waals surface area contributed by atoms with E-state index >= 15 is 0 Å². The van der Waals surface area contributed by atoms with Crippen LogP contribution in [0.5, 0.6) is 5.75 Å². The molecule has 0 amide bonds. The van der Waals surface area contributed by atoms with E-state index in [2.05, 4.69) is 0 Å². The number of nitrogens with zero attached hydrogens (tertiary/aromatic N) is 2. The maximum atomic E-state index is 12.4.